The maximum absolute atomic E-state index is 14.3. The molecule has 0 bridgehead atoms. The largest absolute Gasteiger partial charge is 0.342 e. The fraction of sp³-hybridized carbons (Fsp3) is 0.167. The summed E-state index contributed by atoms with van der Waals surface area (Å²) in [5, 5.41) is 7.33. The molecular weight excluding hydrogens is 433 g/mol. The van der Waals surface area contributed by atoms with Crippen LogP contribution in [0, 0.1) is 5.82 Å². The predicted octanol–water partition coefficient (Wildman–Crippen LogP) is 6.26. The van der Waals surface area contributed by atoms with Gasteiger partial charge in [0.25, 0.3) is 5.91 Å². The predicted molar refractivity (Wildman–Crippen MR) is 126 cm³/mol. The van der Waals surface area contributed by atoms with E-state index in [2.05, 4.69) is 17.5 Å². The van der Waals surface area contributed by atoms with E-state index in [0.29, 0.717) is 22.7 Å². The fourth-order valence-corrected chi connectivity index (χ4v) is 4.66. The van der Waals surface area contributed by atoms with E-state index >= 15 is 0 Å². The first-order chi connectivity index (χ1) is 15.1. The van der Waals surface area contributed by atoms with Crippen molar-refractivity contribution >= 4 is 46.0 Å². The Balaban J connectivity index is 1.56. The highest BCUT2D eigenvalue weighted by atomic mass is 35.5. The number of amides is 1. The molecule has 0 saturated carbocycles. The van der Waals surface area contributed by atoms with Crippen LogP contribution in [0.15, 0.2) is 65.2 Å². The minimum absolute atomic E-state index is 0.239. The number of aromatic nitrogens is 1. The number of halogens is 2. The van der Waals surface area contributed by atoms with Crippen molar-refractivity contribution in [2.75, 3.05) is 0 Å². The van der Waals surface area contributed by atoms with Gasteiger partial charge in [-0.1, -0.05) is 49.2 Å². The van der Waals surface area contributed by atoms with Gasteiger partial charge in [0.1, 0.15) is 5.82 Å². The van der Waals surface area contributed by atoms with Crippen molar-refractivity contribution in [1.82, 2.24) is 9.99 Å². The summed E-state index contributed by atoms with van der Waals surface area (Å²) < 4.78 is 16.2. The van der Waals surface area contributed by atoms with E-state index in [1.807, 2.05) is 46.5 Å². The minimum Gasteiger partial charge on any atom is -0.342 e. The van der Waals surface area contributed by atoms with Crippen LogP contribution in [-0.2, 0) is 13.0 Å². The Kier molecular flexibility index (Phi) is 6.49. The third kappa shape index (κ3) is 4.70. The number of hydrogen-bond donors (Lipinski definition) is 1. The molecule has 158 valence electrons. The van der Waals surface area contributed by atoms with Crippen LogP contribution in [0.5, 0.6) is 0 Å². The summed E-state index contributed by atoms with van der Waals surface area (Å²) in [7, 11) is 0. The van der Waals surface area contributed by atoms with Gasteiger partial charge in [0.15, 0.2) is 0 Å². The third-order valence-electron chi connectivity index (χ3n) is 4.99. The summed E-state index contributed by atoms with van der Waals surface area (Å²) in [6.07, 6.45) is 5.50. The van der Waals surface area contributed by atoms with E-state index in [0.717, 1.165) is 29.3 Å². The van der Waals surface area contributed by atoms with Crippen LogP contribution in [0.1, 0.15) is 39.7 Å². The average molecular weight is 454 g/mol. The highest BCUT2D eigenvalue weighted by molar-refractivity contribution is 7.10. The lowest BCUT2D eigenvalue weighted by atomic mass is 10.2. The summed E-state index contributed by atoms with van der Waals surface area (Å²) in [6, 6.07) is 14.4. The van der Waals surface area contributed by atoms with Crippen molar-refractivity contribution in [3.8, 4) is 0 Å². The van der Waals surface area contributed by atoms with Crippen LogP contribution in [0.2, 0.25) is 5.02 Å². The van der Waals surface area contributed by atoms with Crippen molar-refractivity contribution in [2.24, 2.45) is 5.10 Å². The average Bonchev–Trinajstić information content (AvgIpc) is 3.37. The van der Waals surface area contributed by atoms with Crippen molar-refractivity contribution in [3.05, 3.63) is 92.5 Å². The van der Waals surface area contributed by atoms with E-state index < -0.39 is 0 Å². The molecule has 2 aromatic heterocycles. The first-order valence-corrected chi connectivity index (χ1v) is 11.2. The van der Waals surface area contributed by atoms with Crippen LogP contribution in [-0.4, -0.2) is 16.7 Å². The van der Waals surface area contributed by atoms with Gasteiger partial charge in [0.2, 0.25) is 0 Å². The standard InChI is InChI=1S/C24H21ClFN3OS/c1-2-6-18-11-16(15-31-18)24(30)28-27-12-17-13-29(23-10-4-3-7-19(17)23)14-20-21(25)8-5-9-22(20)26/h3-5,7-13,15H,2,6,14H2,1H3,(H,28,30)/b27-12-. The Hall–Kier alpha value is -2.96. The molecule has 0 radical (unpaired) electrons. The van der Waals surface area contributed by atoms with Crippen LogP contribution >= 0.6 is 22.9 Å². The molecule has 1 N–H and O–H groups in total. The first-order valence-electron chi connectivity index (χ1n) is 9.98. The Morgan fingerprint density at radius 2 is 2.10 bits per heavy atom. The Morgan fingerprint density at radius 3 is 2.90 bits per heavy atom. The summed E-state index contributed by atoms with van der Waals surface area (Å²) in [5.74, 6) is -0.581. The van der Waals surface area contributed by atoms with E-state index in [9.17, 15) is 9.18 Å². The number of nitrogens with one attached hydrogen (secondary N) is 1. The number of fused-ring (bicyclic) bond motifs is 1. The maximum Gasteiger partial charge on any atom is 0.272 e. The first kappa shape index (κ1) is 21.3. The molecule has 4 nitrogen and oxygen atoms in total. The molecule has 0 unspecified atom stereocenters. The van der Waals surface area contributed by atoms with E-state index in [1.165, 1.54) is 10.9 Å². The van der Waals surface area contributed by atoms with Gasteiger partial charge in [-0.25, -0.2) is 9.82 Å². The number of carbonyl (C=O) groups is 1. The van der Waals surface area contributed by atoms with Crippen LogP contribution in [0.3, 0.4) is 0 Å². The molecule has 0 aliphatic carbocycles. The zero-order valence-corrected chi connectivity index (χ0v) is 18.5. The van der Waals surface area contributed by atoms with E-state index in [1.54, 1.807) is 29.7 Å². The second-order valence-electron chi connectivity index (χ2n) is 7.18. The number of para-hydroxylation sites is 1. The normalized spacial score (nSPS) is 11.5. The number of benzene rings is 2. The Labute approximate surface area is 189 Å². The van der Waals surface area contributed by atoms with Crippen molar-refractivity contribution in [1.29, 1.82) is 0 Å². The molecule has 4 rings (SSSR count). The van der Waals surface area contributed by atoms with Crippen LogP contribution < -0.4 is 5.43 Å². The smallest absolute Gasteiger partial charge is 0.272 e. The summed E-state index contributed by atoms with van der Waals surface area (Å²) >= 11 is 7.79. The van der Waals surface area contributed by atoms with E-state index in [-0.39, 0.29) is 11.7 Å². The SMILES string of the molecule is CCCc1cc(C(=O)N/N=C\c2cn(Cc3c(F)cccc3Cl)c3ccccc23)cs1. The number of hydrazone groups is 1. The highest BCUT2D eigenvalue weighted by Gasteiger charge is 2.12. The number of aryl methyl sites for hydroxylation is 1. The van der Waals surface area contributed by atoms with Crippen molar-refractivity contribution in [3.63, 3.8) is 0 Å². The number of thiophene rings is 1. The third-order valence-corrected chi connectivity index (χ3v) is 6.34. The lowest BCUT2D eigenvalue weighted by molar-refractivity contribution is 0.0955. The molecule has 2 aromatic carbocycles. The van der Waals surface area contributed by atoms with Crippen LogP contribution in [0.25, 0.3) is 10.9 Å². The van der Waals surface area contributed by atoms with Gasteiger partial charge in [-0.15, -0.1) is 11.3 Å². The molecule has 31 heavy (non-hydrogen) atoms. The van der Waals surface area contributed by atoms with Gasteiger partial charge in [-0.2, -0.15) is 5.10 Å². The highest BCUT2D eigenvalue weighted by Crippen LogP contribution is 2.25. The monoisotopic (exact) mass is 453 g/mol. The number of rotatable bonds is 7. The molecule has 0 atom stereocenters. The van der Waals surface area contributed by atoms with Gasteiger partial charge in [-0.05, 0) is 30.7 Å². The molecular formula is C24H21ClFN3OS. The van der Waals surface area contributed by atoms with Crippen molar-refractivity contribution < 1.29 is 9.18 Å². The molecule has 0 aliphatic rings. The molecule has 0 fully saturated rings. The van der Waals surface area contributed by atoms with Gasteiger partial charge < -0.3 is 4.57 Å². The summed E-state index contributed by atoms with van der Waals surface area (Å²) in [4.78, 5) is 13.5. The second kappa shape index (κ2) is 9.45. The zero-order chi connectivity index (χ0) is 21.8. The topological polar surface area (TPSA) is 46.4 Å². The number of nitrogens with zero attached hydrogens (tertiary/aromatic N) is 2. The minimum atomic E-state index is -0.342. The lowest BCUT2D eigenvalue weighted by Crippen LogP contribution is -2.16. The van der Waals surface area contributed by atoms with E-state index in [4.69, 9.17) is 11.6 Å². The maximum atomic E-state index is 14.3. The fourth-order valence-electron chi connectivity index (χ4n) is 3.46. The van der Waals surface area contributed by atoms with Crippen LogP contribution in [0.4, 0.5) is 4.39 Å². The van der Waals surface area contributed by atoms with Gasteiger partial charge in [0, 0.05) is 43.5 Å². The Morgan fingerprint density at radius 1 is 1.26 bits per heavy atom. The van der Waals surface area contributed by atoms with Gasteiger partial charge in [-0.3, -0.25) is 4.79 Å². The Bertz CT molecular complexity index is 1240. The second-order valence-corrected chi connectivity index (χ2v) is 8.58. The quantitative estimate of drug-likeness (QED) is 0.260. The molecule has 2 heterocycles. The molecule has 0 spiro atoms. The van der Waals surface area contributed by atoms with Gasteiger partial charge >= 0.3 is 0 Å². The zero-order valence-electron chi connectivity index (χ0n) is 16.9. The molecule has 0 saturated heterocycles. The number of carbonyl (C=O) groups excluding carboxylic acids is 1. The van der Waals surface area contributed by atoms with Crippen molar-refractivity contribution in [2.45, 2.75) is 26.3 Å². The van der Waals surface area contributed by atoms with Gasteiger partial charge in [0.05, 0.1) is 18.3 Å². The summed E-state index contributed by atoms with van der Waals surface area (Å²) in [6.45, 7) is 2.40. The molecule has 1 amide bonds. The molecule has 0 aliphatic heterocycles. The number of hydrogen-bond acceptors (Lipinski definition) is 3. The molecule has 4 aromatic rings. The molecule has 7 heteroatoms. The lowest BCUT2D eigenvalue weighted by Gasteiger charge is -2.08. The summed E-state index contributed by atoms with van der Waals surface area (Å²) in [5.41, 5.74) is 5.38.